The molecular weight excluding hydrogens is 405 g/mol. The van der Waals surface area contributed by atoms with Crippen molar-refractivity contribution in [3.63, 3.8) is 0 Å². The molecule has 3 atom stereocenters. The van der Waals surface area contributed by atoms with Crippen LogP contribution in [0, 0.1) is 0 Å². The summed E-state index contributed by atoms with van der Waals surface area (Å²) < 4.78 is 68.7. The van der Waals surface area contributed by atoms with Gasteiger partial charge in [-0.05, 0) is 25.0 Å². The lowest BCUT2D eigenvalue weighted by molar-refractivity contribution is -0.192. The summed E-state index contributed by atoms with van der Waals surface area (Å²) in [5.41, 5.74) is 0.872. The van der Waals surface area contributed by atoms with E-state index >= 15 is 0 Å². The number of aliphatic carboxylic acids is 1. The molecular formula is C16H21F3N2O6S. The third-order valence-electron chi connectivity index (χ3n) is 4.32. The van der Waals surface area contributed by atoms with Crippen molar-refractivity contribution in [3.8, 4) is 0 Å². The normalized spacial score (nSPS) is 25.5. The summed E-state index contributed by atoms with van der Waals surface area (Å²) in [5.74, 6) is -2.76. The minimum absolute atomic E-state index is 0.0680. The van der Waals surface area contributed by atoms with Crippen LogP contribution < -0.4 is 0 Å². The van der Waals surface area contributed by atoms with E-state index in [1.165, 1.54) is 6.26 Å². The Hall–Kier alpha value is -1.76. The molecule has 1 saturated heterocycles. The molecule has 2 aliphatic rings. The van der Waals surface area contributed by atoms with Gasteiger partial charge in [0.05, 0.1) is 37.3 Å². The van der Waals surface area contributed by atoms with Gasteiger partial charge in [-0.15, -0.1) is 0 Å². The Morgan fingerprint density at radius 1 is 1.39 bits per heavy atom. The topological polar surface area (TPSA) is 106 Å². The SMILES string of the molecule is CS(=O)(=O)N1CCO[C@H]2[C@H](OCc3ccccn3)CC[C@@H]21.O=C(O)C(F)(F)F. The van der Waals surface area contributed by atoms with Gasteiger partial charge in [-0.25, -0.2) is 13.2 Å². The minimum atomic E-state index is -5.08. The number of sulfonamides is 1. The molecule has 0 radical (unpaired) electrons. The summed E-state index contributed by atoms with van der Waals surface area (Å²) in [5, 5.41) is 7.12. The second-order valence-corrected chi connectivity index (χ2v) is 8.26. The zero-order valence-corrected chi connectivity index (χ0v) is 15.8. The van der Waals surface area contributed by atoms with Crippen molar-refractivity contribution in [1.29, 1.82) is 0 Å². The summed E-state index contributed by atoms with van der Waals surface area (Å²) in [6.07, 6.45) is -0.728. The molecule has 0 aromatic carbocycles. The molecule has 1 aliphatic heterocycles. The lowest BCUT2D eigenvalue weighted by Crippen LogP contribution is -2.53. The number of aromatic nitrogens is 1. The number of nitrogens with zero attached hydrogens (tertiary/aromatic N) is 2. The number of carboxylic acid groups (broad SMARTS) is 1. The number of fused-ring (bicyclic) bond motifs is 1. The highest BCUT2D eigenvalue weighted by Crippen LogP contribution is 2.33. The van der Waals surface area contributed by atoms with Gasteiger partial charge in [-0.3, -0.25) is 4.98 Å². The summed E-state index contributed by atoms with van der Waals surface area (Å²) in [7, 11) is -3.19. The predicted octanol–water partition coefficient (Wildman–Crippen LogP) is 1.42. The number of pyridine rings is 1. The Kier molecular flexibility index (Phi) is 7.37. The first-order chi connectivity index (χ1) is 13.0. The van der Waals surface area contributed by atoms with Gasteiger partial charge < -0.3 is 14.6 Å². The Morgan fingerprint density at radius 3 is 2.61 bits per heavy atom. The van der Waals surface area contributed by atoms with Gasteiger partial charge in [0.1, 0.15) is 6.10 Å². The van der Waals surface area contributed by atoms with Crippen LogP contribution in [0.25, 0.3) is 0 Å². The van der Waals surface area contributed by atoms with Crippen LogP contribution in [0.1, 0.15) is 18.5 Å². The highest BCUT2D eigenvalue weighted by Gasteiger charge is 2.46. The molecule has 0 bridgehead atoms. The molecule has 158 valence electrons. The van der Waals surface area contributed by atoms with Crippen LogP contribution >= 0.6 is 0 Å². The van der Waals surface area contributed by atoms with Gasteiger partial charge in [0, 0.05) is 12.7 Å². The van der Waals surface area contributed by atoms with E-state index in [4.69, 9.17) is 19.4 Å². The molecule has 3 rings (SSSR count). The zero-order chi connectivity index (χ0) is 20.9. The van der Waals surface area contributed by atoms with E-state index in [-0.39, 0.29) is 18.2 Å². The summed E-state index contributed by atoms with van der Waals surface area (Å²) in [4.78, 5) is 13.1. The number of hydrogen-bond donors (Lipinski definition) is 1. The van der Waals surface area contributed by atoms with Crippen LogP contribution in [0.15, 0.2) is 24.4 Å². The van der Waals surface area contributed by atoms with E-state index in [1.54, 1.807) is 10.5 Å². The van der Waals surface area contributed by atoms with Crippen LogP contribution in [0.3, 0.4) is 0 Å². The molecule has 1 aromatic rings. The quantitative estimate of drug-likeness (QED) is 0.776. The van der Waals surface area contributed by atoms with Crippen LogP contribution in [0.4, 0.5) is 13.2 Å². The Balaban J connectivity index is 0.000000345. The third-order valence-corrected chi connectivity index (χ3v) is 5.63. The Labute approximate surface area is 160 Å². The fourth-order valence-corrected chi connectivity index (χ4v) is 4.27. The molecule has 8 nitrogen and oxygen atoms in total. The molecule has 0 amide bonds. The van der Waals surface area contributed by atoms with Crippen LogP contribution in [-0.4, -0.2) is 72.6 Å². The van der Waals surface area contributed by atoms with Crippen molar-refractivity contribution in [3.05, 3.63) is 30.1 Å². The first-order valence-corrected chi connectivity index (χ1v) is 10.2. The zero-order valence-electron chi connectivity index (χ0n) is 15.0. The van der Waals surface area contributed by atoms with E-state index in [9.17, 15) is 21.6 Å². The molecule has 12 heteroatoms. The average molecular weight is 426 g/mol. The van der Waals surface area contributed by atoms with Gasteiger partial charge >= 0.3 is 12.1 Å². The molecule has 1 aliphatic carbocycles. The van der Waals surface area contributed by atoms with E-state index in [2.05, 4.69) is 4.98 Å². The van der Waals surface area contributed by atoms with Gasteiger partial charge in [0.25, 0.3) is 0 Å². The number of ether oxygens (including phenoxy) is 2. The van der Waals surface area contributed by atoms with Crippen molar-refractivity contribution < 1.29 is 41.0 Å². The maximum absolute atomic E-state index is 11.8. The van der Waals surface area contributed by atoms with Gasteiger partial charge in [0.15, 0.2) is 0 Å². The summed E-state index contributed by atoms with van der Waals surface area (Å²) >= 11 is 0. The predicted molar refractivity (Wildman–Crippen MR) is 90.8 cm³/mol. The van der Waals surface area contributed by atoms with E-state index < -0.39 is 22.2 Å². The van der Waals surface area contributed by atoms with Crippen LogP contribution in [0.5, 0.6) is 0 Å². The van der Waals surface area contributed by atoms with Crippen LogP contribution in [-0.2, 0) is 30.9 Å². The number of alkyl halides is 3. The summed E-state index contributed by atoms with van der Waals surface area (Å²) in [6.45, 7) is 1.29. The third kappa shape index (κ3) is 6.12. The number of rotatable bonds is 4. The monoisotopic (exact) mass is 426 g/mol. The number of hydrogen-bond acceptors (Lipinski definition) is 6. The van der Waals surface area contributed by atoms with Crippen LogP contribution in [0.2, 0.25) is 0 Å². The first-order valence-electron chi connectivity index (χ1n) is 8.40. The number of carboxylic acids is 1. The van der Waals surface area contributed by atoms with Crippen molar-refractivity contribution >= 4 is 16.0 Å². The fourth-order valence-electron chi connectivity index (χ4n) is 3.15. The summed E-state index contributed by atoms with van der Waals surface area (Å²) in [6, 6.07) is 5.61. The lowest BCUT2D eigenvalue weighted by Gasteiger charge is -2.37. The molecule has 1 aromatic heterocycles. The molecule has 0 spiro atoms. The lowest BCUT2D eigenvalue weighted by atomic mass is 10.1. The van der Waals surface area contributed by atoms with Crippen molar-refractivity contribution in [2.24, 2.45) is 0 Å². The Bertz CT molecular complexity index is 759. The molecule has 1 saturated carbocycles. The molecule has 1 N–H and O–H groups in total. The smallest absolute Gasteiger partial charge is 0.475 e. The highest BCUT2D eigenvalue weighted by molar-refractivity contribution is 7.88. The minimum Gasteiger partial charge on any atom is -0.475 e. The van der Waals surface area contributed by atoms with Crippen molar-refractivity contribution in [1.82, 2.24) is 9.29 Å². The van der Waals surface area contributed by atoms with Gasteiger partial charge in [0.2, 0.25) is 10.0 Å². The second kappa shape index (κ2) is 9.16. The largest absolute Gasteiger partial charge is 0.490 e. The maximum atomic E-state index is 11.8. The van der Waals surface area contributed by atoms with E-state index in [1.807, 2.05) is 18.2 Å². The molecule has 2 heterocycles. The van der Waals surface area contributed by atoms with Crippen molar-refractivity contribution in [2.45, 2.75) is 43.9 Å². The first kappa shape index (κ1) is 22.5. The van der Waals surface area contributed by atoms with Crippen molar-refractivity contribution in [2.75, 3.05) is 19.4 Å². The van der Waals surface area contributed by atoms with Gasteiger partial charge in [-0.2, -0.15) is 17.5 Å². The molecule has 0 unspecified atom stereocenters. The fraction of sp³-hybridized carbons (Fsp3) is 0.625. The van der Waals surface area contributed by atoms with E-state index in [0.29, 0.717) is 19.8 Å². The molecule has 28 heavy (non-hydrogen) atoms. The maximum Gasteiger partial charge on any atom is 0.490 e. The highest BCUT2D eigenvalue weighted by atomic mass is 32.2. The molecule has 2 fully saturated rings. The Morgan fingerprint density at radius 2 is 2.07 bits per heavy atom. The standard InChI is InChI=1S/C14H20N2O4S.C2HF3O2/c1-21(17,18)16-8-9-19-14-12(16)5-6-13(14)20-10-11-4-2-3-7-15-11;3-2(4,5)1(6)7/h2-4,7,12-14H,5-6,8-10H2,1H3;(H,6,7)/t12-,13+,14+;/m0./s1. The number of morpholine rings is 1. The van der Waals surface area contributed by atoms with E-state index in [0.717, 1.165) is 18.5 Å². The number of halogens is 3. The number of carbonyl (C=O) groups is 1. The average Bonchev–Trinajstić information content (AvgIpc) is 3.03. The second-order valence-electron chi connectivity index (χ2n) is 6.33. The van der Waals surface area contributed by atoms with Gasteiger partial charge in [-0.1, -0.05) is 6.07 Å².